The fraction of sp³-hybridized carbons (Fsp3) is 0.174. The number of amides is 2. The minimum atomic E-state index is -0.582. The molecule has 2 heterocycles. The molecule has 34 heavy (non-hydrogen) atoms. The highest BCUT2D eigenvalue weighted by Gasteiger charge is 2.21. The van der Waals surface area contributed by atoms with Crippen molar-refractivity contribution in [1.82, 2.24) is 25.3 Å². The topological polar surface area (TPSA) is 142 Å². The number of halogens is 1. The van der Waals surface area contributed by atoms with Crippen LogP contribution in [0.15, 0.2) is 52.1 Å². The Morgan fingerprint density at radius 1 is 1.03 bits per heavy atom. The van der Waals surface area contributed by atoms with Crippen molar-refractivity contribution in [2.24, 2.45) is 0 Å². The van der Waals surface area contributed by atoms with Crippen molar-refractivity contribution in [3.63, 3.8) is 0 Å². The summed E-state index contributed by atoms with van der Waals surface area (Å²) in [7, 11) is 0. The molecule has 174 valence electrons. The molecule has 0 atom stereocenters. The average Bonchev–Trinajstić information content (AvgIpc) is 3.09. The third-order valence-corrected chi connectivity index (χ3v) is 5.64. The van der Waals surface area contributed by atoms with Crippen LogP contribution in [0.2, 0.25) is 5.15 Å². The monoisotopic (exact) mass is 480 g/mol. The summed E-state index contributed by atoms with van der Waals surface area (Å²) in [6.45, 7) is 3.66. The molecule has 0 saturated carbocycles. The van der Waals surface area contributed by atoms with Gasteiger partial charge in [-0.25, -0.2) is 4.68 Å². The standard InChI is InChI=1S/C23H21ClN6O4/c1-12-6-8-14(9-7-12)11-30-20(24)18(13(2)29-30)22(33)25-10-17(31)26-16-5-3-4-15-19(16)23(34)28-27-21(15)32/h3-9H,10-11H2,1-2H3,(H,25,33)(H,26,31)(H,27,32)(H,28,34). The summed E-state index contributed by atoms with van der Waals surface area (Å²) in [5.41, 5.74) is 1.81. The Bertz CT molecular complexity index is 1520. The molecule has 0 spiro atoms. The summed E-state index contributed by atoms with van der Waals surface area (Å²) in [5, 5.41) is 14.2. The number of nitrogens with zero attached hydrogens (tertiary/aromatic N) is 2. The van der Waals surface area contributed by atoms with Gasteiger partial charge in [-0.05, 0) is 31.5 Å². The van der Waals surface area contributed by atoms with Crippen LogP contribution >= 0.6 is 11.6 Å². The van der Waals surface area contributed by atoms with Crippen LogP contribution in [0.1, 0.15) is 27.2 Å². The average molecular weight is 481 g/mol. The van der Waals surface area contributed by atoms with E-state index >= 15 is 0 Å². The van der Waals surface area contributed by atoms with Crippen LogP contribution in [-0.4, -0.2) is 38.3 Å². The first kappa shape index (κ1) is 23.0. The first-order valence-electron chi connectivity index (χ1n) is 10.3. The van der Waals surface area contributed by atoms with Gasteiger partial charge in [-0.1, -0.05) is 47.5 Å². The largest absolute Gasteiger partial charge is 0.343 e. The fourth-order valence-electron chi connectivity index (χ4n) is 3.56. The van der Waals surface area contributed by atoms with Crippen LogP contribution in [-0.2, 0) is 11.3 Å². The minimum Gasteiger partial charge on any atom is -0.343 e. The molecule has 11 heteroatoms. The Balaban J connectivity index is 1.46. The van der Waals surface area contributed by atoms with Gasteiger partial charge in [0.2, 0.25) is 5.91 Å². The third-order valence-electron chi connectivity index (χ3n) is 5.25. The molecule has 0 unspecified atom stereocenters. The Labute approximate surface area is 197 Å². The zero-order valence-electron chi connectivity index (χ0n) is 18.4. The van der Waals surface area contributed by atoms with E-state index in [9.17, 15) is 19.2 Å². The van der Waals surface area contributed by atoms with Gasteiger partial charge in [-0.15, -0.1) is 0 Å². The number of carbonyl (C=O) groups is 2. The lowest BCUT2D eigenvalue weighted by Gasteiger charge is -2.09. The summed E-state index contributed by atoms with van der Waals surface area (Å²) in [6, 6.07) is 12.4. The smallest absolute Gasteiger partial charge is 0.272 e. The number of carbonyl (C=O) groups excluding carboxylic acids is 2. The lowest BCUT2D eigenvalue weighted by atomic mass is 10.1. The first-order chi connectivity index (χ1) is 16.2. The molecule has 0 saturated heterocycles. The van der Waals surface area contributed by atoms with Crippen molar-refractivity contribution in [2.45, 2.75) is 20.4 Å². The number of hydrogen-bond acceptors (Lipinski definition) is 5. The zero-order valence-corrected chi connectivity index (χ0v) is 19.1. The van der Waals surface area contributed by atoms with E-state index in [2.05, 4.69) is 25.9 Å². The highest BCUT2D eigenvalue weighted by molar-refractivity contribution is 6.33. The molecule has 0 bridgehead atoms. The molecule has 0 radical (unpaired) electrons. The number of H-pyrrole nitrogens is 2. The van der Waals surface area contributed by atoms with Gasteiger partial charge < -0.3 is 10.6 Å². The van der Waals surface area contributed by atoms with Gasteiger partial charge in [-0.2, -0.15) is 5.10 Å². The maximum atomic E-state index is 12.7. The van der Waals surface area contributed by atoms with Crippen LogP contribution in [0.5, 0.6) is 0 Å². The van der Waals surface area contributed by atoms with Crippen molar-refractivity contribution < 1.29 is 9.59 Å². The van der Waals surface area contributed by atoms with Crippen molar-refractivity contribution in [2.75, 3.05) is 11.9 Å². The lowest BCUT2D eigenvalue weighted by molar-refractivity contribution is -0.115. The van der Waals surface area contributed by atoms with Crippen LogP contribution in [0.25, 0.3) is 10.8 Å². The molecular formula is C23H21ClN6O4. The maximum absolute atomic E-state index is 12.7. The molecular weight excluding hydrogens is 460 g/mol. The highest BCUT2D eigenvalue weighted by atomic mass is 35.5. The number of hydrogen-bond donors (Lipinski definition) is 4. The van der Waals surface area contributed by atoms with Gasteiger partial charge in [0, 0.05) is 0 Å². The van der Waals surface area contributed by atoms with Crippen LogP contribution in [0, 0.1) is 13.8 Å². The Hall–Kier alpha value is -4.18. The van der Waals surface area contributed by atoms with Crippen molar-refractivity contribution in [1.29, 1.82) is 0 Å². The van der Waals surface area contributed by atoms with E-state index in [1.54, 1.807) is 6.92 Å². The molecule has 0 aliphatic carbocycles. The second kappa shape index (κ2) is 9.36. The Kier molecular flexibility index (Phi) is 6.33. The van der Waals surface area contributed by atoms with Gasteiger partial charge in [0.15, 0.2) is 0 Å². The molecule has 2 amide bonds. The van der Waals surface area contributed by atoms with E-state index in [-0.39, 0.29) is 33.7 Å². The number of aryl methyl sites for hydroxylation is 2. The Morgan fingerprint density at radius 3 is 2.47 bits per heavy atom. The normalized spacial score (nSPS) is 10.9. The van der Waals surface area contributed by atoms with Crippen molar-refractivity contribution >= 4 is 39.9 Å². The predicted molar refractivity (Wildman–Crippen MR) is 128 cm³/mol. The summed E-state index contributed by atoms with van der Waals surface area (Å²) < 4.78 is 1.52. The van der Waals surface area contributed by atoms with E-state index in [0.717, 1.165) is 11.1 Å². The van der Waals surface area contributed by atoms with E-state index < -0.39 is 22.9 Å². The SMILES string of the molecule is Cc1ccc(Cn2nc(C)c(C(=O)NCC(=O)Nc3cccc4c(=O)[nH][nH]c(=O)c34)c2Cl)cc1. The number of rotatable bonds is 6. The quantitative estimate of drug-likeness (QED) is 0.334. The van der Waals surface area contributed by atoms with Gasteiger partial charge in [0.05, 0.1) is 40.8 Å². The van der Waals surface area contributed by atoms with Gasteiger partial charge in [-0.3, -0.25) is 29.4 Å². The van der Waals surface area contributed by atoms with Crippen LogP contribution < -0.4 is 21.8 Å². The van der Waals surface area contributed by atoms with Gasteiger partial charge in [0.25, 0.3) is 17.0 Å². The van der Waals surface area contributed by atoms with E-state index in [1.165, 1.54) is 22.9 Å². The molecule has 0 aliphatic rings. The highest BCUT2D eigenvalue weighted by Crippen LogP contribution is 2.21. The molecule has 2 aromatic heterocycles. The second-order valence-electron chi connectivity index (χ2n) is 7.76. The molecule has 4 aromatic rings. The fourth-order valence-corrected chi connectivity index (χ4v) is 3.88. The van der Waals surface area contributed by atoms with E-state index in [1.807, 2.05) is 31.2 Å². The number of anilines is 1. The predicted octanol–water partition coefficient (Wildman–Crippen LogP) is 2.10. The lowest BCUT2D eigenvalue weighted by Crippen LogP contribution is -2.33. The van der Waals surface area contributed by atoms with Crippen molar-refractivity contribution in [3.05, 3.63) is 90.7 Å². The minimum absolute atomic E-state index is 0.0437. The number of benzene rings is 2. The van der Waals surface area contributed by atoms with E-state index in [4.69, 9.17) is 11.6 Å². The number of aromatic nitrogens is 4. The number of fused-ring (bicyclic) bond motifs is 1. The molecule has 0 fully saturated rings. The third kappa shape index (κ3) is 4.62. The zero-order chi connectivity index (χ0) is 24.4. The molecule has 2 aromatic carbocycles. The summed E-state index contributed by atoms with van der Waals surface area (Å²) >= 11 is 6.42. The second-order valence-corrected chi connectivity index (χ2v) is 8.12. The number of aromatic amines is 2. The maximum Gasteiger partial charge on any atom is 0.272 e. The summed E-state index contributed by atoms with van der Waals surface area (Å²) in [4.78, 5) is 49.2. The Morgan fingerprint density at radius 2 is 1.74 bits per heavy atom. The summed E-state index contributed by atoms with van der Waals surface area (Å²) in [6.07, 6.45) is 0. The summed E-state index contributed by atoms with van der Waals surface area (Å²) in [5.74, 6) is -1.14. The molecule has 4 N–H and O–H groups in total. The molecule has 10 nitrogen and oxygen atoms in total. The van der Waals surface area contributed by atoms with E-state index in [0.29, 0.717) is 12.2 Å². The van der Waals surface area contributed by atoms with Crippen LogP contribution in [0.4, 0.5) is 5.69 Å². The first-order valence-corrected chi connectivity index (χ1v) is 10.7. The van der Waals surface area contributed by atoms with Gasteiger partial charge >= 0.3 is 0 Å². The number of nitrogens with one attached hydrogen (secondary N) is 4. The van der Waals surface area contributed by atoms with Crippen molar-refractivity contribution in [3.8, 4) is 0 Å². The molecule has 4 rings (SSSR count). The van der Waals surface area contributed by atoms with Gasteiger partial charge in [0.1, 0.15) is 5.15 Å². The van der Waals surface area contributed by atoms with Crippen LogP contribution in [0.3, 0.4) is 0 Å². The molecule has 0 aliphatic heterocycles.